The standard InChI is InChI=1S/C19H30OS/c1-13(2)9-10-21-17-12-14(18(3,4)5)16(20)11-15(17)19(6,7)8/h9,11-12,20H,10H2,1-8H3. The lowest BCUT2D eigenvalue weighted by atomic mass is 9.81. The molecule has 0 saturated carbocycles. The molecule has 118 valence electrons. The number of aromatic hydroxyl groups is 1. The van der Waals surface area contributed by atoms with Gasteiger partial charge in [-0.1, -0.05) is 53.2 Å². The lowest BCUT2D eigenvalue weighted by molar-refractivity contribution is 0.441. The second-order valence-corrected chi connectivity index (χ2v) is 9.02. The molecule has 1 aromatic carbocycles. The van der Waals surface area contributed by atoms with E-state index in [0.717, 1.165) is 11.3 Å². The molecule has 0 fully saturated rings. The first-order valence-electron chi connectivity index (χ1n) is 7.57. The molecular formula is C19H30OS. The van der Waals surface area contributed by atoms with E-state index in [9.17, 15) is 5.11 Å². The van der Waals surface area contributed by atoms with Gasteiger partial charge in [-0.15, -0.1) is 11.8 Å². The normalized spacial score (nSPS) is 12.4. The van der Waals surface area contributed by atoms with Gasteiger partial charge in [0.15, 0.2) is 0 Å². The van der Waals surface area contributed by atoms with E-state index in [2.05, 4.69) is 67.5 Å². The van der Waals surface area contributed by atoms with Crippen molar-refractivity contribution in [2.24, 2.45) is 0 Å². The first-order chi connectivity index (χ1) is 9.43. The summed E-state index contributed by atoms with van der Waals surface area (Å²) in [7, 11) is 0. The predicted octanol–water partition coefficient (Wildman–Crippen LogP) is 6.05. The third-order valence-electron chi connectivity index (χ3n) is 3.44. The summed E-state index contributed by atoms with van der Waals surface area (Å²) in [5.74, 6) is 1.39. The van der Waals surface area contributed by atoms with Crippen LogP contribution in [0, 0.1) is 0 Å². The zero-order valence-corrected chi connectivity index (χ0v) is 15.6. The smallest absolute Gasteiger partial charge is 0.119 e. The van der Waals surface area contributed by atoms with Gasteiger partial charge in [-0.2, -0.15) is 0 Å². The van der Waals surface area contributed by atoms with Gasteiger partial charge in [0.1, 0.15) is 5.75 Å². The SMILES string of the molecule is CC(C)=CCSc1cc(C(C)(C)C)c(O)cc1C(C)(C)C. The Hall–Kier alpha value is -0.890. The highest BCUT2D eigenvalue weighted by Gasteiger charge is 2.24. The molecule has 0 bridgehead atoms. The molecule has 0 heterocycles. The fourth-order valence-corrected chi connectivity index (χ4v) is 3.49. The highest BCUT2D eigenvalue weighted by Crippen LogP contribution is 2.40. The number of allylic oxidation sites excluding steroid dienone is 1. The molecule has 21 heavy (non-hydrogen) atoms. The van der Waals surface area contributed by atoms with E-state index < -0.39 is 0 Å². The van der Waals surface area contributed by atoms with Crippen molar-refractivity contribution in [1.29, 1.82) is 0 Å². The summed E-state index contributed by atoms with van der Waals surface area (Å²) in [6.45, 7) is 17.3. The molecule has 0 aromatic heterocycles. The number of phenolic OH excluding ortho intramolecular Hbond substituents is 1. The molecule has 0 unspecified atom stereocenters. The fraction of sp³-hybridized carbons (Fsp3) is 0.579. The van der Waals surface area contributed by atoms with E-state index in [0.29, 0.717) is 5.75 Å². The van der Waals surface area contributed by atoms with Crippen molar-refractivity contribution in [3.63, 3.8) is 0 Å². The van der Waals surface area contributed by atoms with Crippen LogP contribution in [0.1, 0.15) is 66.5 Å². The van der Waals surface area contributed by atoms with E-state index in [1.54, 1.807) is 0 Å². The summed E-state index contributed by atoms with van der Waals surface area (Å²) in [6.07, 6.45) is 2.25. The van der Waals surface area contributed by atoms with Gasteiger partial charge in [0.05, 0.1) is 0 Å². The molecule has 0 atom stereocenters. The number of benzene rings is 1. The van der Waals surface area contributed by atoms with Crippen LogP contribution >= 0.6 is 11.8 Å². The highest BCUT2D eigenvalue weighted by molar-refractivity contribution is 7.99. The summed E-state index contributed by atoms with van der Waals surface area (Å²) in [4.78, 5) is 1.28. The van der Waals surface area contributed by atoms with Gasteiger partial charge in [-0.3, -0.25) is 0 Å². The Morgan fingerprint density at radius 1 is 1.00 bits per heavy atom. The second-order valence-electron chi connectivity index (χ2n) is 7.96. The Bertz CT molecular complexity index is 524. The number of thioether (sulfide) groups is 1. The number of phenols is 1. The third kappa shape index (κ3) is 5.10. The molecule has 0 aliphatic carbocycles. The molecule has 1 aromatic rings. The lowest BCUT2D eigenvalue weighted by Crippen LogP contribution is -2.16. The quantitative estimate of drug-likeness (QED) is 0.542. The van der Waals surface area contributed by atoms with Crippen LogP contribution in [-0.2, 0) is 10.8 Å². The molecular weight excluding hydrogens is 276 g/mol. The molecule has 0 amide bonds. The average molecular weight is 307 g/mol. The first kappa shape index (κ1) is 18.2. The average Bonchev–Trinajstić information content (AvgIpc) is 2.27. The largest absolute Gasteiger partial charge is 0.508 e. The van der Waals surface area contributed by atoms with Crippen LogP contribution in [-0.4, -0.2) is 10.9 Å². The van der Waals surface area contributed by atoms with Crippen molar-refractivity contribution in [2.75, 3.05) is 5.75 Å². The van der Waals surface area contributed by atoms with Crippen LogP contribution in [0.15, 0.2) is 28.7 Å². The minimum absolute atomic E-state index is 0.0290. The minimum Gasteiger partial charge on any atom is -0.508 e. The molecule has 0 radical (unpaired) electrons. The van der Waals surface area contributed by atoms with Gasteiger partial charge in [0.2, 0.25) is 0 Å². The van der Waals surface area contributed by atoms with Gasteiger partial charge in [0, 0.05) is 16.2 Å². The Labute approximate surface area is 134 Å². The van der Waals surface area contributed by atoms with E-state index >= 15 is 0 Å². The summed E-state index contributed by atoms with van der Waals surface area (Å²) in [5.41, 5.74) is 3.57. The molecule has 1 rings (SSSR count). The number of rotatable bonds is 3. The zero-order chi connectivity index (χ0) is 16.4. The lowest BCUT2D eigenvalue weighted by Gasteiger charge is -2.27. The molecule has 0 spiro atoms. The first-order valence-corrected chi connectivity index (χ1v) is 8.55. The van der Waals surface area contributed by atoms with Gasteiger partial charge in [0.25, 0.3) is 0 Å². The molecule has 0 saturated heterocycles. The predicted molar refractivity (Wildman–Crippen MR) is 95.7 cm³/mol. The van der Waals surface area contributed by atoms with Crippen molar-refractivity contribution >= 4 is 11.8 Å². The van der Waals surface area contributed by atoms with Crippen molar-refractivity contribution in [3.8, 4) is 5.75 Å². The van der Waals surface area contributed by atoms with Gasteiger partial charge in [-0.05, 0) is 42.4 Å². The highest BCUT2D eigenvalue weighted by atomic mass is 32.2. The zero-order valence-electron chi connectivity index (χ0n) is 14.8. The van der Waals surface area contributed by atoms with E-state index in [1.165, 1.54) is 16.0 Å². The number of hydrogen-bond acceptors (Lipinski definition) is 2. The van der Waals surface area contributed by atoms with Crippen molar-refractivity contribution in [3.05, 3.63) is 34.9 Å². The Kier molecular flexibility index (Phi) is 5.60. The minimum atomic E-state index is -0.0493. The van der Waals surface area contributed by atoms with Gasteiger partial charge < -0.3 is 5.11 Å². The maximum atomic E-state index is 10.4. The second kappa shape index (κ2) is 6.48. The molecule has 2 heteroatoms. The van der Waals surface area contributed by atoms with Crippen molar-refractivity contribution < 1.29 is 5.11 Å². The van der Waals surface area contributed by atoms with Crippen LogP contribution in [0.3, 0.4) is 0 Å². The Morgan fingerprint density at radius 3 is 1.95 bits per heavy atom. The molecule has 0 aliphatic heterocycles. The van der Waals surface area contributed by atoms with Crippen LogP contribution in [0.4, 0.5) is 0 Å². The van der Waals surface area contributed by atoms with Crippen LogP contribution in [0.2, 0.25) is 0 Å². The van der Waals surface area contributed by atoms with Crippen LogP contribution in [0.25, 0.3) is 0 Å². The molecule has 1 nitrogen and oxygen atoms in total. The van der Waals surface area contributed by atoms with E-state index in [4.69, 9.17) is 0 Å². The molecule has 1 N–H and O–H groups in total. The van der Waals surface area contributed by atoms with Crippen LogP contribution in [0.5, 0.6) is 5.75 Å². The monoisotopic (exact) mass is 306 g/mol. The maximum absolute atomic E-state index is 10.4. The van der Waals surface area contributed by atoms with Crippen molar-refractivity contribution in [2.45, 2.75) is 71.1 Å². The number of hydrogen-bond donors (Lipinski definition) is 1. The Morgan fingerprint density at radius 2 is 1.52 bits per heavy atom. The topological polar surface area (TPSA) is 20.2 Å². The summed E-state index contributed by atoms with van der Waals surface area (Å²) in [5, 5.41) is 10.4. The fourth-order valence-electron chi connectivity index (χ4n) is 2.17. The summed E-state index contributed by atoms with van der Waals surface area (Å²) >= 11 is 1.85. The third-order valence-corrected chi connectivity index (χ3v) is 4.43. The van der Waals surface area contributed by atoms with Crippen molar-refractivity contribution in [1.82, 2.24) is 0 Å². The summed E-state index contributed by atoms with van der Waals surface area (Å²) < 4.78 is 0. The van der Waals surface area contributed by atoms with Crippen LogP contribution < -0.4 is 0 Å². The van der Waals surface area contributed by atoms with Gasteiger partial charge >= 0.3 is 0 Å². The van der Waals surface area contributed by atoms with E-state index in [-0.39, 0.29) is 10.8 Å². The van der Waals surface area contributed by atoms with Gasteiger partial charge in [-0.25, -0.2) is 0 Å². The summed E-state index contributed by atoms with van der Waals surface area (Å²) in [6, 6.07) is 4.14. The van der Waals surface area contributed by atoms with E-state index in [1.807, 2.05) is 17.8 Å². The molecule has 0 aliphatic rings. The maximum Gasteiger partial charge on any atom is 0.119 e. The Balaban J connectivity index is 3.32.